The molecule has 0 saturated carbocycles. The molecule has 3 rings (SSSR count). The molecule has 0 aliphatic carbocycles. The maximum absolute atomic E-state index is 6.18. The summed E-state index contributed by atoms with van der Waals surface area (Å²) in [5.74, 6) is 0. The first-order valence-corrected chi connectivity index (χ1v) is 5.90. The van der Waals surface area contributed by atoms with Crippen molar-refractivity contribution < 1.29 is 0 Å². The fourth-order valence-corrected chi connectivity index (χ4v) is 2.83. The van der Waals surface area contributed by atoms with Crippen LogP contribution in [0, 0.1) is 6.92 Å². The molecule has 1 saturated heterocycles. The van der Waals surface area contributed by atoms with Crippen LogP contribution in [0.3, 0.4) is 0 Å². The molecular formula is C12H15ClN2. The van der Waals surface area contributed by atoms with Crippen molar-refractivity contribution in [1.82, 2.24) is 5.32 Å². The topological polar surface area (TPSA) is 15.3 Å². The van der Waals surface area contributed by atoms with Gasteiger partial charge in [0.25, 0.3) is 0 Å². The number of benzene rings is 1. The van der Waals surface area contributed by atoms with Gasteiger partial charge >= 0.3 is 0 Å². The molecule has 80 valence electrons. The molecule has 1 unspecified atom stereocenters. The van der Waals surface area contributed by atoms with Gasteiger partial charge in [-0.15, -0.1) is 0 Å². The Kier molecular flexibility index (Phi) is 2.15. The Morgan fingerprint density at radius 3 is 3.20 bits per heavy atom. The maximum atomic E-state index is 6.18. The minimum atomic E-state index is 0.645. The summed E-state index contributed by atoms with van der Waals surface area (Å²) in [7, 11) is 0. The highest BCUT2D eigenvalue weighted by molar-refractivity contribution is 6.31. The molecule has 1 aromatic rings. The molecule has 1 fully saturated rings. The molecule has 0 bridgehead atoms. The summed E-state index contributed by atoms with van der Waals surface area (Å²) in [4.78, 5) is 2.50. The molecule has 3 heteroatoms. The van der Waals surface area contributed by atoms with Gasteiger partial charge in [0, 0.05) is 36.4 Å². The van der Waals surface area contributed by atoms with E-state index in [-0.39, 0.29) is 0 Å². The highest BCUT2D eigenvalue weighted by atomic mass is 35.5. The predicted octanol–water partition coefficient (Wildman–Crippen LogP) is 1.98. The summed E-state index contributed by atoms with van der Waals surface area (Å²) in [5, 5.41) is 4.34. The van der Waals surface area contributed by atoms with Crippen molar-refractivity contribution in [2.45, 2.75) is 19.4 Å². The van der Waals surface area contributed by atoms with Crippen LogP contribution in [-0.2, 0) is 6.42 Å². The molecule has 0 radical (unpaired) electrons. The first-order chi connectivity index (χ1) is 7.25. The zero-order chi connectivity index (χ0) is 10.4. The quantitative estimate of drug-likeness (QED) is 0.722. The van der Waals surface area contributed by atoms with Crippen LogP contribution in [0.15, 0.2) is 12.1 Å². The zero-order valence-electron chi connectivity index (χ0n) is 8.89. The monoisotopic (exact) mass is 222 g/mol. The van der Waals surface area contributed by atoms with Crippen molar-refractivity contribution in [2.75, 3.05) is 24.5 Å². The lowest BCUT2D eigenvalue weighted by Crippen LogP contribution is -2.49. The first-order valence-electron chi connectivity index (χ1n) is 5.52. The number of piperazine rings is 1. The van der Waals surface area contributed by atoms with Gasteiger partial charge in [0.05, 0.1) is 0 Å². The van der Waals surface area contributed by atoms with E-state index < -0.39 is 0 Å². The second-order valence-corrected chi connectivity index (χ2v) is 4.89. The fourth-order valence-electron chi connectivity index (χ4n) is 2.68. The van der Waals surface area contributed by atoms with Gasteiger partial charge in [-0.25, -0.2) is 0 Å². The molecule has 2 heterocycles. The summed E-state index contributed by atoms with van der Waals surface area (Å²) in [6, 6.07) is 5.03. The van der Waals surface area contributed by atoms with Crippen molar-refractivity contribution in [3.8, 4) is 0 Å². The Bertz CT molecular complexity index is 403. The van der Waals surface area contributed by atoms with E-state index in [4.69, 9.17) is 11.6 Å². The zero-order valence-corrected chi connectivity index (χ0v) is 9.64. The largest absolute Gasteiger partial charge is 0.365 e. The van der Waals surface area contributed by atoms with E-state index in [0.29, 0.717) is 6.04 Å². The highest BCUT2D eigenvalue weighted by Gasteiger charge is 2.31. The SMILES string of the molecule is Cc1cc2c(cc1Cl)N1CCNCC1C2. The second kappa shape index (κ2) is 3.39. The third-order valence-corrected chi connectivity index (χ3v) is 3.88. The minimum Gasteiger partial charge on any atom is -0.365 e. The number of nitrogens with zero attached hydrogens (tertiary/aromatic N) is 1. The van der Waals surface area contributed by atoms with E-state index in [2.05, 4.69) is 29.3 Å². The van der Waals surface area contributed by atoms with Crippen molar-refractivity contribution >= 4 is 17.3 Å². The van der Waals surface area contributed by atoms with E-state index in [1.807, 2.05) is 0 Å². The van der Waals surface area contributed by atoms with Gasteiger partial charge < -0.3 is 10.2 Å². The minimum absolute atomic E-state index is 0.645. The lowest BCUT2D eigenvalue weighted by atomic mass is 10.1. The highest BCUT2D eigenvalue weighted by Crippen LogP contribution is 2.36. The van der Waals surface area contributed by atoms with E-state index in [9.17, 15) is 0 Å². The van der Waals surface area contributed by atoms with E-state index >= 15 is 0 Å². The van der Waals surface area contributed by atoms with Gasteiger partial charge in [-0.3, -0.25) is 0 Å². The third kappa shape index (κ3) is 1.44. The molecule has 2 aliphatic heterocycles. The van der Waals surface area contributed by atoms with Crippen LogP contribution in [0.5, 0.6) is 0 Å². The van der Waals surface area contributed by atoms with Gasteiger partial charge in [-0.05, 0) is 30.5 Å². The van der Waals surface area contributed by atoms with Crippen LogP contribution in [-0.4, -0.2) is 25.7 Å². The number of aryl methyl sites for hydroxylation is 1. The van der Waals surface area contributed by atoms with Crippen LogP contribution in [0.1, 0.15) is 11.1 Å². The maximum Gasteiger partial charge on any atom is 0.0456 e. The number of anilines is 1. The molecule has 2 aliphatic rings. The third-order valence-electron chi connectivity index (χ3n) is 3.48. The standard InChI is InChI=1S/C12H15ClN2/c1-8-4-9-5-10-7-14-2-3-15(10)12(9)6-11(8)13/h4,6,10,14H,2-3,5,7H2,1H3. The molecule has 2 nitrogen and oxygen atoms in total. The summed E-state index contributed by atoms with van der Waals surface area (Å²) < 4.78 is 0. The molecule has 15 heavy (non-hydrogen) atoms. The van der Waals surface area contributed by atoms with Gasteiger partial charge in [0.1, 0.15) is 0 Å². The average molecular weight is 223 g/mol. The molecule has 1 aromatic carbocycles. The number of halogens is 1. The average Bonchev–Trinajstić information content (AvgIpc) is 2.57. The predicted molar refractivity (Wildman–Crippen MR) is 63.9 cm³/mol. The van der Waals surface area contributed by atoms with E-state index in [0.717, 1.165) is 24.7 Å². The second-order valence-electron chi connectivity index (χ2n) is 4.49. The first kappa shape index (κ1) is 9.49. The molecule has 0 amide bonds. The van der Waals surface area contributed by atoms with E-state index in [1.165, 1.54) is 23.2 Å². The van der Waals surface area contributed by atoms with Crippen LogP contribution in [0.4, 0.5) is 5.69 Å². The van der Waals surface area contributed by atoms with Gasteiger partial charge in [0.2, 0.25) is 0 Å². The number of nitrogens with one attached hydrogen (secondary N) is 1. The van der Waals surface area contributed by atoms with Crippen molar-refractivity contribution in [1.29, 1.82) is 0 Å². The van der Waals surface area contributed by atoms with Crippen LogP contribution in [0.2, 0.25) is 5.02 Å². The summed E-state index contributed by atoms with van der Waals surface area (Å²) in [6.07, 6.45) is 1.17. The molecular weight excluding hydrogens is 208 g/mol. The summed E-state index contributed by atoms with van der Waals surface area (Å²) >= 11 is 6.18. The lowest BCUT2D eigenvalue weighted by molar-refractivity contribution is 0.495. The summed E-state index contributed by atoms with van der Waals surface area (Å²) in [5.41, 5.74) is 4.02. The fraction of sp³-hybridized carbons (Fsp3) is 0.500. The Morgan fingerprint density at radius 1 is 1.47 bits per heavy atom. The summed E-state index contributed by atoms with van der Waals surface area (Å²) in [6.45, 7) is 5.38. The van der Waals surface area contributed by atoms with Gasteiger partial charge in [-0.1, -0.05) is 17.7 Å². The van der Waals surface area contributed by atoms with Crippen LogP contribution >= 0.6 is 11.6 Å². The van der Waals surface area contributed by atoms with E-state index in [1.54, 1.807) is 0 Å². The number of hydrogen-bond donors (Lipinski definition) is 1. The normalized spacial score (nSPS) is 23.9. The Hall–Kier alpha value is -0.730. The smallest absolute Gasteiger partial charge is 0.0456 e. The lowest BCUT2D eigenvalue weighted by Gasteiger charge is -2.32. The van der Waals surface area contributed by atoms with Gasteiger partial charge in [-0.2, -0.15) is 0 Å². The molecule has 1 N–H and O–H groups in total. The molecule has 1 atom stereocenters. The Labute approximate surface area is 95.2 Å². The van der Waals surface area contributed by atoms with Crippen molar-refractivity contribution in [3.05, 3.63) is 28.3 Å². The van der Waals surface area contributed by atoms with Crippen LogP contribution in [0.25, 0.3) is 0 Å². The number of fused-ring (bicyclic) bond motifs is 3. The Morgan fingerprint density at radius 2 is 2.33 bits per heavy atom. The number of rotatable bonds is 0. The molecule has 0 spiro atoms. The Balaban J connectivity index is 2.04. The number of hydrogen-bond acceptors (Lipinski definition) is 2. The molecule has 0 aromatic heterocycles. The van der Waals surface area contributed by atoms with Crippen LogP contribution < -0.4 is 10.2 Å². The van der Waals surface area contributed by atoms with Crippen molar-refractivity contribution in [3.63, 3.8) is 0 Å². The van der Waals surface area contributed by atoms with Crippen molar-refractivity contribution in [2.24, 2.45) is 0 Å². The van der Waals surface area contributed by atoms with Gasteiger partial charge in [0.15, 0.2) is 0 Å².